The highest BCUT2D eigenvalue weighted by Crippen LogP contribution is 2.48. The van der Waals surface area contributed by atoms with Gasteiger partial charge in [-0.3, -0.25) is 9.59 Å². The Hall–Kier alpha value is -1.10. The summed E-state index contributed by atoms with van der Waals surface area (Å²) in [4.78, 5) is 25.3. The number of aliphatic carboxylic acids is 1. The van der Waals surface area contributed by atoms with Gasteiger partial charge in [0.15, 0.2) is 0 Å². The molecule has 2 fully saturated rings. The zero-order valence-electron chi connectivity index (χ0n) is 11.0. The van der Waals surface area contributed by atoms with Crippen molar-refractivity contribution in [1.82, 2.24) is 4.90 Å². The molecule has 0 aromatic heterocycles. The zero-order chi connectivity index (χ0) is 13.3. The lowest BCUT2D eigenvalue weighted by molar-refractivity contribution is -0.150. The molecule has 102 valence electrons. The van der Waals surface area contributed by atoms with Gasteiger partial charge in [-0.2, -0.15) is 0 Å². The van der Waals surface area contributed by atoms with Crippen molar-refractivity contribution in [3.05, 3.63) is 0 Å². The maximum atomic E-state index is 12.1. The smallest absolute Gasteiger partial charge is 0.311 e. The third-order valence-electron chi connectivity index (χ3n) is 4.37. The lowest BCUT2D eigenvalue weighted by atomic mass is 9.81. The maximum Gasteiger partial charge on any atom is 0.311 e. The largest absolute Gasteiger partial charge is 0.481 e. The first kappa shape index (κ1) is 13.3. The van der Waals surface area contributed by atoms with Gasteiger partial charge < -0.3 is 14.7 Å². The summed E-state index contributed by atoms with van der Waals surface area (Å²) in [6.45, 7) is 4.99. The molecule has 5 nitrogen and oxygen atoms in total. The van der Waals surface area contributed by atoms with Gasteiger partial charge in [0.2, 0.25) is 0 Å². The van der Waals surface area contributed by atoms with E-state index in [0.717, 1.165) is 12.8 Å². The highest BCUT2D eigenvalue weighted by atomic mass is 16.5. The molecule has 5 heteroatoms. The number of hydrogen-bond acceptors (Lipinski definition) is 3. The van der Waals surface area contributed by atoms with E-state index >= 15 is 0 Å². The molecule has 1 saturated carbocycles. The molecule has 0 radical (unpaired) electrons. The second-order valence-electron chi connectivity index (χ2n) is 5.37. The van der Waals surface area contributed by atoms with Gasteiger partial charge in [-0.15, -0.1) is 0 Å². The van der Waals surface area contributed by atoms with E-state index in [1.54, 1.807) is 11.8 Å². The van der Waals surface area contributed by atoms with E-state index in [-0.39, 0.29) is 11.8 Å². The fraction of sp³-hybridized carbons (Fsp3) is 0.846. The molecule has 0 spiro atoms. The Morgan fingerprint density at radius 3 is 2.83 bits per heavy atom. The second-order valence-corrected chi connectivity index (χ2v) is 5.37. The predicted molar refractivity (Wildman–Crippen MR) is 65.1 cm³/mol. The Morgan fingerprint density at radius 2 is 2.28 bits per heavy atom. The minimum Gasteiger partial charge on any atom is -0.481 e. The number of carboxylic acid groups (broad SMARTS) is 1. The van der Waals surface area contributed by atoms with Gasteiger partial charge in [-0.1, -0.05) is 6.42 Å². The Balaban J connectivity index is 2.07. The van der Waals surface area contributed by atoms with Gasteiger partial charge in [-0.05, 0) is 32.6 Å². The molecule has 0 bridgehead atoms. The fourth-order valence-corrected chi connectivity index (χ4v) is 3.39. The molecule has 1 amide bonds. The van der Waals surface area contributed by atoms with Gasteiger partial charge in [0.25, 0.3) is 5.91 Å². The van der Waals surface area contributed by atoms with E-state index in [9.17, 15) is 14.7 Å². The van der Waals surface area contributed by atoms with E-state index in [1.165, 1.54) is 0 Å². The first-order valence-corrected chi connectivity index (χ1v) is 6.65. The van der Waals surface area contributed by atoms with Crippen molar-refractivity contribution in [2.45, 2.75) is 39.2 Å². The SMILES string of the molecule is CCOC(C)C(=O)N1C[C@@H]2CCC[C@@]2(C(=O)O)C1. The standard InChI is InChI=1S/C13H21NO4/c1-3-18-9(2)11(15)14-7-10-5-4-6-13(10,8-14)12(16)17/h9-10H,3-8H2,1-2H3,(H,16,17)/t9?,10-,13+/m0/s1. The lowest BCUT2D eigenvalue weighted by Crippen LogP contribution is -2.41. The normalized spacial score (nSPS) is 32.3. The number of carboxylic acids is 1. The quantitative estimate of drug-likeness (QED) is 0.817. The molecule has 1 unspecified atom stereocenters. The number of ether oxygens (including phenoxy) is 1. The Morgan fingerprint density at radius 1 is 1.56 bits per heavy atom. The van der Waals surface area contributed by atoms with Crippen molar-refractivity contribution in [3.8, 4) is 0 Å². The summed E-state index contributed by atoms with van der Waals surface area (Å²) in [7, 11) is 0. The van der Waals surface area contributed by atoms with Gasteiger partial charge in [-0.25, -0.2) is 0 Å². The topological polar surface area (TPSA) is 66.8 Å². The van der Waals surface area contributed by atoms with Crippen molar-refractivity contribution in [2.75, 3.05) is 19.7 Å². The van der Waals surface area contributed by atoms with Crippen LogP contribution in [0.5, 0.6) is 0 Å². The highest BCUT2D eigenvalue weighted by Gasteiger charge is 2.56. The van der Waals surface area contributed by atoms with E-state index in [0.29, 0.717) is 26.1 Å². The molecule has 1 saturated heterocycles. The molecule has 3 atom stereocenters. The third kappa shape index (κ3) is 2.00. The highest BCUT2D eigenvalue weighted by molar-refractivity contribution is 5.83. The van der Waals surface area contributed by atoms with Crippen LogP contribution < -0.4 is 0 Å². The van der Waals surface area contributed by atoms with Crippen LogP contribution >= 0.6 is 0 Å². The fourth-order valence-electron chi connectivity index (χ4n) is 3.39. The Kier molecular flexibility index (Phi) is 3.61. The number of carbonyl (C=O) groups excluding carboxylic acids is 1. The lowest BCUT2D eigenvalue weighted by Gasteiger charge is -2.24. The van der Waals surface area contributed by atoms with Crippen LogP contribution in [0.1, 0.15) is 33.1 Å². The van der Waals surface area contributed by atoms with Crippen molar-refractivity contribution >= 4 is 11.9 Å². The van der Waals surface area contributed by atoms with E-state index in [2.05, 4.69) is 0 Å². The minimum absolute atomic E-state index is 0.0770. The number of fused-ring (bicyclic) bond motifs is 1. The van der Waals surface area contributed by atoms with Crippen LogP contribution in [0.15, 0.2) is 0 Å². The van der Waals surface area contributed by atoms with Crippen LogP contribution in [-0.4, -0.2) is 47.7 Å². The summed E-state index contributed by atoms with van der Waals surface area (Å²) in [5, 5.41) is 9.45. The van der Waals surface area contributed by atoms with Crippen LogP contribution in [-0.2, 0) is 14.3 Å². The molecule has 2 rings (SSSR count). The Labute approximate surface area is 107 Å². The van der Waals surface area contributed by atoms with Crippen LogP contribution in [0.25, 0.3) is 0 Å². The van der Waals surface area contributed by atoms with Gasteiger partial charge in [0.1, 0.15) is 6.10 Å². The molecule has 2 aliphatic rings. The molecular formula is C13H21NO4. The van der Waals surface area contributed by atoms with E-state index < -0.39 is 17.5 Å². The van der Waals surface area contributed by atoms with Crippen molar-refractivity contribution in [2.24, 2.45) is 11.3 Å². The van der Waals surface area contributed by atoms with E-state index in [1.807, 2.05) is 6.92 Å². The van der Waals surface area contributed by atoms with E-state index in [4.69, 9.17) is 4.74 Å². The summed E-state index contributed by atoms with van der Waals surface area (Å²) < 4.78 is 5.29. The van der Waals surface area contributed by atoms with Gasteiger partial charge in [0, 0.05) is 19.7 Å². The van der Waals surface area contributed by atoms with Crippen molar-refractivity contribution in [1.29, 1.82) is 0 Å². The van der Waals surface area contributed by atoms with Gasteiger partial charge in [0.05, 0.1) is 5.41 Å². The summed E-state index contributed by atoms with van der Waals surface area (Å²) in [6.07, 6.45) is 2.10. The number of carbonyl (C=O) groups is 2. The zero-order valence-corrected chi connectivity index (χ0v) is 11.0. The molecule has 0 aromatic carbocycles. The second kappa shape index (κ2) is 4.88. The average Bonchev–Trinajstić information content (AvgIpc) is 2.85. The first-order chi connectivity index (χ1) is 8.51. The van der Waals surface area contributed by atoms with Crippen LogP contribution in [0, 0.1) is 11.3 Å². The summed E-state index contributed by atoms with van der Waals surface area (Å²) in [5.41, 5.74) is -0.693. The summed E-state index contributed by atoms with van der Waals surface area (Å²) in [5.74, 6) is -0.705. The van der Waals surface area contributed by atoms with Crippen molar-refractivity contribution < 1.29 is 19.4 Å². The molecule has 1 aliphatic carbocycles. The number of rotatable bonds is 4. The molecular weight excluding hydrogens is 234 g/mol. The van der Waals surface area contributed by atoms with Crippen LogP contribution in [0.2, 0.25) is 0 Å². The molecule has 1 heterocycles. The first-order valence-electron chi connectivity index (χ1n) is 6.65. The third-order valence-corrected chi connectivity index (χ3v) is 4.37. The Bertz CT molecular complexity index is 357. The van der Waals surface area contributed by atoms with Gasteiger partial charge >= 0.3 is 5.97 Å². The molecule has 1 aliphatic heterocycles. The maximum absolute atomic E-state index is 12.1. The minimum atomic E-state index is -0.746. The molecule has 1 N–H and O–H groups in total. The average molecular weight is 255 g/mol. The molecule has 18 heavy (non-hydrogen) atoms. The van der Waals surface area contributed by atoms with Crippen molar-refractivity contribution in [3.63, 3.8) is 0 Å². The number of nitrogens with zero attached hydrogens (tertiary/aromatic N) is 1. The summed E-state index contributed by atoms with van der Waals surface area (Å²) in [6, 6.07) is 0. The predicted octanol–water partition coefficient (Wildman–Crippen LogP) is 1.12. The number of amides is 1. The van der Waals surface area contributed by atoms with Crippen LogP contribution in [0.3, 0.4) is 0 Å². The molecule has 0 aromatic rings. The summed E-state index contributed by atoms with van der Waals surface area (Å²) >= 11 is 0. The van der Waals surface area contributed by atoms with Crippen LogP contribution in [0.4, 0.5) is 0 Å². The monoisotopic (exact) mass is 255 g/mol. The number of hydrogen-bond donors (Lipinski definition) is 1. The number of likely N-dealkylation sites (tertiary alicyclic amines) is 1.